The van der Waals surface area contributed by atoms with E-state index in [4.69, 9.17) is 0 Å². The van der Waals surface area contributed by atoms with Gasteiger partial charge in [0.25, 0.3) is 0 Å². The summed E-state index contributed by atoms with van der Waals surface area (Å²) in [5, 5.41) is 6.65. The minimum absolute atomic E-state index is 0.410. The van der Waals surface area contributed by atoms with Crippen LogP contribution in [0.2, 0.25) is 0 Å². The van der Waals surface area contributed by atoms with Crippen molar-refractivity contribution in [1.29, 1.82) is 0 Å². The number of hydrogen-bond donors (Lipinski definition) is 2. The maximum absolute atomic E-state index is 4.65. The molecule has 0 radical (unpaired) electrons. The minimum atomic E-state index is 0.410. The predicted octanol–water partition coefficient (Wildman–Crippen LogP) is 2.39. The van der Waals surface area contributed by atoms with E-state index in [1.807, 2.05) is 31.2 Å². The molecule has 1 aliphatic rings. The molecule has 3 rings (SSSR count). The van der Waals surface area contributed by atoms with Gasteiger partial charge in [-0.1, -0.05) is 6.07 Å². The first-order valence-corrected chi connectivity index (χ1v) is 7.05. The number of rotatable bonds is 3. The van der Waals surface area contributed by atoms with E-state index in [1.165, 1.54) is 6.42 Å². The summed E-state index contributed by atoms with van der Waals surface area (Å²) in [5.74, 6) is 2.96. The van der Waals surface area contributed by atoms with Gasteiger partial charge >= 0.3 is 0 Å². The second-order valence-electron chi connectivity index (χ2n) is 5.14. The number of hydrogen-bond acceptors (Lipinski definition) is 5. The zero-order valence-electron chi connectivity index (χ0n) is 11.6. The fourth-order valence-electron chi connectivity index (χ4n) is 2.48. The van der Waals surface area contributed by atoms with Crippen molar-refractivity contribution in [3.05, 3.63) is 42.0 Å². The molecule has 5 heteroatoms. The molecule has 1 aliphatic heterocycles. The number of anilines is 2. The van der Waals surface area contributed by atoms with Crippen LogP contribution in [0.4, 0.5) is 11.6 Å². The van der Waals surface area contributed by atoms with E-state index in [1.54, 1.807) is 6.20 Å². The summed E-state index contributed by atoms with van der Waals surface area (Å²) in [6, 6.07) is 7.73. The average Bonchev–Trinajstić information content (AvgIpc) is 2.49. The smallest absolute Gasteiger partial charge is 0.135 e. The Hall–Kier alpha value is -2.01. The van der Waals surface area contributed by atoms with Crippen LogP contribution in [0.5, 0.6) is 0 Å². The molecule has 0 aliphatic carbocycles. The first kappa shape index (κ1) is 13.0. The zero-order chi connectivity index (χ0) is 13.8. The third kappa shape index (κ3) is 3.11. The zero-order valence-corrected chi connectivity index (χ0v) is 11.6. The van der Waals surface area contributed by atoms with Crippen molar-refractivity contribution in [2.75, 3.05) is 18.4 Å². The summed E-state index contributed by atoms with van der Waals surface area (Å²) in [6.45, 7) is 4.07. The monoisotopic (exact) mass is 269 g/mol. The highest BCUT2D eigenvalue weighted by Gasteiger charge is 2.18. The van der Waals surface area contributed by atoms with Crippen molar-refractivity contribution >= 4 is 11.6 Å². The highest BCUT2D eigenvalue weighted by molar-refractivity contribution is 5.51. The second kappa shape index (κ2) is 5.96. The number of aryl methyl sites for hydroxylation is 1. The predicted molar refractivity (Wildman–Crippen MR) is 79.1 cm³/mol. The lowest BCUT2D eigenvalue weighted by molar-refractivity contribution is 0.446. The molecule has 1 fully saturated rings. The SMILES string of the molecule is Cc1cc(Nc2ccccn2)nc([C@H]2CCCNC2)n1. The molecule has 0 aromatic carbocycles. The molecule has 0 saturated carbocycles. The van der Waals surface area contributed by atoms with Crippen LogP contribution < -0.4 is 10.6 Å². The van der Waals surface area contributed by atoms with Gasteiger partial charge in [0.15, 0.2) is 0 Å². The van der Waals surface area contributed by atoms with Crippen LogP contribution in [-0.4, -0.2) is 28.0 Å². The van der Waals surface area contributed by atoms with E-state index in [0.717, 1.165) is 42.7 Å². The molecule has 1 atom stereocenters. The van der Waals surface area contributed by atoms with E-state index in [0.29, 0.717) is 5.92 Å². The molecule has 2 N–H and O–H groups in total. The maximum atomic E-state index is 4.65. The van der Waals surface area contributed by atoms with Gasteiger partial charge < -0.3 is 10.6 Å². The Kier molecular flexibility index (Phi) is 3.87. The van der Waals surface area contributed by atoms with E-state index < -0.39 is 0 Å². The number of pyridine rings is 1. The third-order valence-corrected chi connectivity index (χ3v) is 3.45. The first-order valence-electron chi connectivity index (χ1n) is 7.05. The van der Waals surface area contributed by atoms with Gasteiger partial charge in [-0.25, -0.2) is 15.0 Å². The van der Waals surface area contributed by atoms with Crippen molar-refractivity contribution in [1.82, 2.24) is 20.3 Å². The summed E-state index contributed by atoms with van der Waals surface area (Å²) in [6.07, 6.45) is 4.10. The maximum Gasteiger partial charge on any atom is 0.135 e. The van der Waals surface area contributed by atoms with Crippen LogP contribution in [0, 0.1) is 6.92 Å². The molecule has 0 bridgehead atoms. The molecule has 0 unspecified atom stereocenters. The van der Waals surface area contributed by atoms with Gasteiger partial charge in [-0.3, -0.25) is 0 Å². The molecule has 3 heterocycles. The Morgan fingerprint density at radius 1 is 1.25 bits per heavy atom. The Morgan fingerprint density at radius 2 is 2.20 bits per heavy atom. The van der Waals surface area contributed by atoms with E-state index >= 15 is 0 Å². The number of nitrogens with one attached hydrogen (secondary N) is 2. The molecular formula is C15H19N5. The highest BCUT2D eigenvalue weighted by Crippen LogP contribution is 2.22. The van der Waals surface area contributed by atoms with Gasteiger partial charge in [-0.15, -0.1) is 0 Å². The summed E-state index contributed by atoms with van der Waals surface area (Å²) in [4.78, 5) is 13.5. The van der Waals surface area contributed by atoms with Gasteiger partial charge in [0.05, 0.1) is 0 Å². The van der Waals surface area contributed by atoms with Crippen molar-refractivity contribution in [2.45, 2.75) is 25.7 Å². The van der Waals surface area contributed by atoms with Crippen LogP contribution in [0.1, 0.15) is 30.3 Å². The summed E-state index contributed by atoms with van der Waals surface area (Å²) in [7, 11) is 0. The van der Waals surface area contributed by atoms with E-state index in [-0.39, 0.29) is 0 Å². The minimum Gasteiger partial charge on any atom is -0.325 e. The topological polar surface area (TPSA) is 62.7 Å². The largest absolute Gasteiger partial charge is 0.325 e. The fraction of sp³-hybridized carbons (Fsp3) is 0.400. The Balaban J connectivity index is 1.82. The molecule has 2 aromatic rings. The molecule has 1 saturated heterocycles. The number of piperidine rings is 1. The Labute approximate surface area is 118 Å². The summed E-state index contributed by atoms with van der Waals surface area (Å²) >= 11 is 0. The third-order valence-electron chi connectivity index (χ3n) is 3.45. The van der Waals surface area contributed by atoms with Gasteiger partial charge in [0.2, 0.25) is 0 Å². The quantitative estimate of drug-likeness (QED) is 0.896. The molecule has 104 valence electrons. The van der Waals surface area contributed by atoms with Crippen molar-refractivity contribution < 1.29 is 0 Å². The highest BCUT2D eigenvalue weighted by atomic mass is 15.1. The number of nitrogens with zero attached hydrogens (tertiary/aromatic N) is 3. The van der Waals surface area contributed by atoms with Gasteiger partial charge in [0, 0.05) is 30.4 Å². The Bertz CT molecular complexity index is 564. The lowest BCUT2D eigenvalue weighted by Crippen LogP contribution is -2.29. The lowest BCUT2D eigenvalue weighted by atomic mass is 9.99. The van der Waals surface area contributed by atoms with Crippen LogP contribution >= 0.6 is 0 Å². The fourth-order valence-corrected chi connectivity index (χ4v) is 2.48. The standard InChI is InChI=1S/C15H19N5/c1-11-9-14(19-13-6-2-3-8-17-13)20-15(18-11)12-5-4-7-16-10-12/h2-3,6,8-9,12,16H,4-5,7,10H2,1H3,(H,17,18,19,20)/t12-/m0/s1. The average molecular weight is 269 g/mol. The van der Waals surface area contributed by atoms with Crippen LogP contribution in [-0.2, 0) is 0 Å². The van der Waals surface area contributed by atoms with Crippen LogP contribution in [0.3, 0.4) is 0 Å². The summed E-state index contributed by atoms with van der Waals surface area (Å²) < 4.78 is 0. The van der Waals surface area contributed by atoms with Crippen LogP contribution in [0.25, 0.3) is 0 Å². The van der Waals surface area contributed by atoms with E-state index in [9.17, 15) is 0 Å². The Morgan fingerprint density at radius 3 is 2.95 bits per heavy atom. The van der Waals surface area contributed by atoms with Gasteiger partial charge in [-0.2, -0.15) is 0 Å². The molecule has 0 amide bonds. The molecule has 0 spiro atoms. The number of aromatic nitrogens is 3. The van der Waals surface area contributed by atoms with Crippen molar-refractivity contribution in [3.8, 4) is 0 Å². The van der Waals surface area contributed by atoms with Crippen molar-refractivity contribution in [2.24, 2.45) is 0 Å². The van der Waals surface area contributed by atoms with Crippen molar-refractivity contribution in [3.63, 3.8) is 0 Å². The van der Waals surface area contributed by atoms with Gasteiger partial charge in [-0.05, 0) is 38.4 Å². The summed E-state index contributed by atoms with van der Waals surface area (Å²) in [5.41, 5.74) is 0.985. The lowest BCUT2D eigenvalue weighted by Gasteiger charge is -2.22. The molecular weight excluding hydrogens is 250 g/mol. The van der Waals surface area contributed by atoms with E-state index in [2.05, 4.69) is 25.6 Å². The molecule has 2 aromatic heterocycles. The second-order valence-corrected chi connectivity index (χ2v) is 5.14. The molecule has 20 heavy (non-hydrogen) atoms. The first-order chi connectivity index (χ1) is 9.81. The normalized spacial score (nSPS) is 18.8. The molecule has 5 nitrogen and oxygen atoms in total. The van der Waals surface area contributed by atoms with Gasteiger partial charge in [0.1, 0.15) is 17.5 Å². The van der Waals surface area contributed by atoms with Crippen LogP contribution in [0.15, 0.2) is 30.5 Å².